The van der Waals surface area contributed by atoms with Crippen LogP contribution < -0.4 is 9.47 Å². The van der Waals surface area contributed by atoms with E-state index in [4.69, 9.17) is 9.47 Å². The summed E-state index contributed by atoms with van der Waals surface area (Å²) in [6, 6.07) is 26.7. The fourth-order valence-corrected chi connectivity index (χ4v) is 3.68. The van der Waals surface area contributed by atoms with E-state index in [9.17, 15) is 13.2 Å². The molecule has 0 unspecified atom stereocenters. The number of ether oxygens (including phenoxy) is 2. The van der Waals surface area contributed by atoms with Gasteiger partial charge in [-0.25, -0.2) is 0 Å². The number of hydrogen-bond donors (Lipinski definition) is 0. The third-order valence-electron chi connectivity index (χ3n) is 5.34. The van der Waals surface area contributed by atoms with Gasteiger partial charge in [0.1, 0.15) is 11.5 Å². The number of hydrogen-bond acceptors (Lipinski definition) is 2. The second-order valence-corrected chi connectivity index (χ2v) is 7.27. The summed E-state index contributed by atoms with van der Waals surface area (Å²) >= 11 is 0. The van der Waals surface area contributed by atoms with Crippen molar-refractivity contribution >= 4 is 0 Å². The molecule has 4 aromatic rings. The van der Waals surface area contributed by atoms with Crippen molar-refractivity contribution in [1.82, 2.24) is 0 Å². The molecule has 0 fully saturated rings. The normalized spacial score (nSPS) is 11.3. The Kier molecular flexibility index (Phi) is 5.91. The van der Waals surface area contributed by atoms with Gasteiger partial charge in [-0.2, -0.15) is 13.2 Å². The molecule has 32 heavy (non-hydrogen) atoms. The van der Waals surface area contributed by atoms with Crippen LogP contribution in [-0.4, -0.2) is 14.2 Å². The molecule has 0 aliphatic carbocycles. The molecule has 0 spiro atoms. The minimum absolute atomic E-state index is 0.588. The van der Waals surface area contributed by atoms with Crippen LogP contribution in [0.3, 0.4) is 0 Å². The van der Waals surface area contributed by atoms with Crippen LogP contribution in [0.15, 0.2) is 91.0 Å². The van der Waals surface area contributed by atoms with Crippen LogP contribution in [-0.2, 0) is 6.18 Å². The van der Waals surface area contributed by atoms with Gasteiger partial charge in [0.05, 0.1) is 19.8 Å². The maximum Gasteiger partial charge on any atom is 0.416 e. The Morgan fingerprint density at radius 1 is 0.531 bits per heavy atom. The summed E-state index contributed by atoms with van der Waals surface area (Å²) in [5, 5.41) is 0. The van der Waals surface area contributed by atoms with Crippen molar-refractivity contribution in [3.63, 3.8) is 0 Å². The highest BCUT2D eigenvalue weighted by molar-refractivity contribution is 5.82. The van der Waals surface area contributed by atoms with Crippen LogP contribution in [0.4, 0.5) is 13.2 Å². The lowest BCUT2D eigenvalue weighted by molar-refractivity contribution is -0.137. The molecule has 0 saturated heterocycles. The summed E-state index contributed by atoms with van der Waals surface area (Å²) in [5.41, 5.74) is 4.55. The molecule has 0 aromatic heterocycles. The first-order chi connectivity index (χ1) is 15.4. The highest BCUT2D eigenvalue weighted by Crippen LogP contribution is 2.39. The summed E-state index contributed by atoms with van der Waals surface area (Å²) in [4.78, 5) is 0. The zero-order valence-electron chi connectivity index (χ0n) is 17.6. The van der Waals surface area contributed by atoms with Crippen molar-refractivity contribution in [2.75, 3.05) is 14.2 Å². The van der Waals surface area contributed by atoms with E-state index in [-0.39, 0.29) is 0 Å². The van der Waals surface area contributed by atoms with Crippen molar-refractivity contribution in [3.8, 4) is 44.9 Å². The Balaban J connectivity index is 1.79. The topological polar surface area (TPSA) is 18.5 Å². The largest absolute Gasteiger partial charge is 0.496 e. The van der Waals surface area contributed by atoms with Crippen molar-refractivity contribution in [2.24, 2.45) is 0 Å². The van der Waals surface area contributed by atoms with Crippen LogP contribution in [0.25, 0.3) is 33.4 Å². The van der Waals surface area contributed by atoms with Crippen molar-refractivity contribution in [1.29, 1.82) is 0 Å². The molecule has 0 saturated carbocycles. The van der Waals surface area contributed by atoms with E-state index < -0.39 is 11.7 Å². The number of benzene rings is 4. The highest BCUT2D eigenvalue weighted by atomic mass is 19.4. The molecular formula is C27H21F3O2. The van der Waals surface area contributed by atoms with Crippen LogP contribution in [0.5, 0.6) is 11.5 Å². The van der Waals surface area contributed by atoms with Crippen molar-refractivity contribution < 1.29 is 22.6 Å². The second kappa shape index (κ2) is 8.79. The monoisotopic (exact) mass is 434 g/mol. The maximum absolute atomic E-state index is 13.0. The SMILES string of the molecule is COc1ccc(-c2ccc(OC)c(-c3ccc(C(F)(F)F)cc3)c2)cc1-c1ccccc1. The lowest BCUT2D eigenvalue weighted by Crippen LogP contribution is -2.04. The Bertz CT molecular complexity index is 1210. The molecule has 0 atom stereocenters. The van der Waals surface area contributed by atoms with E-state index in [1.807, 2.05) is 66.7 Å². The molecule has 0 radical (unpaired) electrons. The highest BCUT2D eigenvalue weighted by Gasteiger charge is 2.30. The minimum Gasteiger partial charge on any atom is -0.496 e. The molecular weight excluding hydrogens is 413 g/mol. The van der Waals surface area contributed by atoms with Crippen LogP contribution >= 0.6 is 0 Å². The summed E-state index contributed by atoms with van der Waals surface area (Å²) in [5.74, 6) is 1.35. The van der Waals surface area contributed by atoms with Crippen LogP contribution in [0.1, 0.15) is 5.56 Å². The predicted octanol–water partition coefficient (Wildman–Crippen LogP) is 7.72. The molecule has 0 aliphatic heterocycles. The van der Waals surface area contributed by atoms with E-state index in [2.05, 4.69) is 0 Å². The van der Waals surface area contributed by atoms with Crippen molar-refractivity contribution in [3.05, 3.63) is 96.6 Å². The van der Waals surface area contributed by atoms with Gasteiger partial charge in [-0.15, -0.1) is 0 Å². The first-order valence-corrected chi connectivity index (χ1v) is 10.00. The summed E-state index contributed by atoms with van der Waals surface area (Å²) in [6.07, 6.45) is -4.37. The van der Waals surface area contributed by atoms with Gasteiger partial charge in [-0.05, 0) is 58.7 Å². The van der Waals surface area contributed by atoms with Gasteiger partial charge < -0.3 is 9.47 Å². The fourth-order valence-electron chi connectivity index (χ4n) is 3.68. The zero-order chi connectivity index (χ0) is 22.7. The van der Waals surface area contributed by atoms with Gasteiger partial charge in [0.15, 0.2) is 0 Å². The van der Waals surface area contributed by atoms with Crippen LogP contribution in [0.2, 0.25) is 0 Å². The average molecular weight is 434 g/mol. The molecule has 0 aliphatic rings. The summed E-state index contributed by atoms with van der Waals surface area (Å²) in [6.45, 7) is 0. The third-order valence-corrected chi connectivity index (χ3v) is 5.34. The van der Waals surface area contributed by atoms with E-state index in [1.165, 1.54) is 12.1 Å². The molecule has 2 nitrogen and oxygen atoms in total. The smallest absolute Gasteiger partial charge is 0.416 e. The summed E-state index contributed by atoms with van der Waals surface area (Å²) in [7, 11) is 3.18. The zero-order valence-corrected chi connectivity index (χ0v) is 17.6. The van der Waals surface area contributed by atoms with Gasteiger partial charge in [0.25, 0.3) is 0 Å². The van der Waals surface area contributed by atoms with E-state index in [0.717, 1.165) is 45.7 Å². The van der Waals surface area contributed by atoms with Gasteiger partial charge in [0, 0.05) is 11.1 Å². The molecule has 4 rings (SSSR count). The van der Waals surface area contributed by atoms with Gasteiger partial charge >= 0.3 is 6.18 Å². The predicted molar refractivity (Wildman–Crippen MR) is 121 cm³/mol. The molecule has 0 bridgehead atoms. The van der Waals surface area contributed by atoms with Gasteiger partial charge in [0.2, 0.25) is 0 Å². The summed E-state index contributed by atoms with van der Waals surface area (Å²) < 4.78 is 49.9. The first kappa shape index (κ1) is 21.5. The molecule has 0 N–H and O–H groups in total. The maximum atomic E-state index is 13.0. The first-order valence-electron chi connectivity index (χ1n) is 10.00. The fraction of sp³-hybridized carbons (Fsp3) is 0.111. The quantitative estimate of drug-likeness (QED) is 0.320. The Hall–Kier alpha value is -3.73. The van der Waals surface area contributed by atoms with E-state index in [1.54, 1.807) is 14.2 Å². The molecule has 0 heterocycles. The third kappa shape index (κ3) is 4.33. The molecule has 4 aromatic carbocycles. The van der Waals surface area contributed by atoms with E-state index >= 15 is 0 Å². The Morgan fingerprint density at radius 3 is 1.41 bits per heavy atom. The molecule has 5 heteroatoms. The van der Waals surface area contributed by atoms with Gasteiger partial charge in [-0.1, -0.05) is 54.6 Å². The standard InChI is InChI=1S/C27H21F3O2/c1-31-25-14-10-20(16-23(25)18-6-4-3-5-7-18)21-11-15-26(32-2)24(17-21)19-8-12-22(13-9-19)27(28,29)30/h3-17H,1-2H3. The lowest BCUT2D eigenvalue weighted by Gasteiger charge is -2.14. The molecule has 162 valence electrons. The Morgan fingerprint density at radius 2 is 0.969 bits per heavy atom. The van der Waals surface area contributed by atoms with Gasteiger partial charge in [-0.3, -0.25) is 0 Å². The number of halogens is 3. The Labute approximate surface area is 184 Å². The lowest BCUT2D eigenvalue weighted by atomic mass is 9.95. The van der Waals surface area contributed by atoms with Crippen LogP contribution in [0, 0.1) is 0 Å². The minimum atomic E-state index is -4.37. The number of alkyl halides is 3. The van der Waals surface area contributed by atoms with Crippen molar-refractivity contribution in [2.45, 2.75) is 6.18 Å². The number of rotatable bonds is 5. The number of methoxy groups -OCH3 is 2. The molecule has 0 amide bonds. The average Bonchev–Trinajstić information content (AvgIpc) is 2.83. The second-order valence-electron chi connectivity index (χ2n) is 7.27. The van der Waals surface area contributed by atoms with E-state index in [0.29, 0.717) is 11.3 Å².